The van der Waals surface area contributed by atoms with E-state index in [9.17, 15) is 9.65 Å². The largest absolute Gasteiger partial charge is 0.495 e. The normalized spacial score (nSPS) is 10.2. The van der Waals surface area contributed by atoms with Gasteiger partial charge in [-0.25, -0.2) is 4.39 Å². The first kappa shape index (κ1) is 15.0. The SMILES string of the molecule is COCc1ccc(OC)c(C#N)c1Cc1ccccc1F. The van der Waals surface area contributed by atoms with Gasteiger partial charge in [0, 0.05) is 13.5 Å². The number of rotatable bonds is 5. The Morgan fingerprint density at radius 3 is 2.48 bits per heavy atom. The fraction of sp³-hybridized carbons (Fsp3) is 0.235. The van der Waals surface area contributed by atoms with Crippen LogP contribution in [-0.2, 0) is 17.8 Å². The van der Waals surface area contributed by atoms with Crippen LogP contribution in [-0.4, -0.2) is 14.2 Å². The van der Waals surface area contributed by atoms with Crippen LogP contribution in [0, 0.1) is 17.1 Å². The topological polar surface area (TPSA) is 42.2 Å². The standard InChI is InChI=1S/C17H16FNO2/c1-20-11-13-7-8-17(21-2)15(10-19)14(13)9-12-5-3-4-6-16(12)18/h3-8H,9,11H2,1-2H3. The number of benzene rings is 2. The predicted molar refractivity (Wildman–Crippen MR) is 77.6 cm³/mol. The minimum atomic E-state index is -0.285. The number of nitrogens with zero attached hydrogens (tertiary/aromatic N) is 1. The number of ether oxygens (including phenoxy) is 2. The number of hydrogen-bond acceptors (Lipinski definition) is 3. The summed E-state index contributed by atoms with van der Waals surface area (Å²) >= 11 is 0. The van der Waals surface area contributed by atoms with Crippen molar-refractivity contribution in [2.24, 2.45) is 0 Å². The van der Waals surface area contributed by atoms with Gasteiger partial charge in [0.1, 0.15) is 17.6 Å². The molecule has 0 unspecified atom stereocenters. The van der Waals surface area contributed by atoms with Crippen LogP contribution >= 0.6 is 0 Å². The van der Waals surface area contributed by atoms with E-state index in [1.807, 2.05) is 6.07 Å². The number of methoxy groups -OCH3 is 2. The van der Waals surface area contributed by atoms with Gasteiger partial charge in [-0.05, 0) is 28.8 Å². The quantitative estimate of drug-likeness (QED) is 0.845. The van der Waals surface area contributed by atoms with Crippen molar-refractivity contribution in [1.82, 2.24) is 0 Å². The molecular formula is C17H16FNO2. The van der Waals surface area contributed by atoms with Crippen molar-refractivity contribution < 1.29 is 13.9 Å². The molecule has 0 aliphatic carbocycles. The maximum absolute atomic E-state index is 13.9. The lowest BCUT2D eigenvalue weighted by Gasteiger charge is -2.14. The zero-order valence-corrected chi connectivity index (χ0v) is 12.0. The van der Waals surface area contributed by atoms with E-state index in [0.717, 1.165) is 11.1 Å². The van der Waals surface area contributed by atoms with Gasteiger partial charge in [-0.1, -0.05) is 24.3 Å². The summed E-state index contributed by atoms with van der Waals surface area (Å²) < 4.78 is 24.3. The van der Waals surface area contributed by atoms with Crippen LogP contribution in [0.5, 0.6) is 5.75 Å². The number of nitriles is 1. The van der Waals surface area contributed by atoms with Gasteiger partial charge in [-0.2, -0.15) is 5.26 Å². The molecule has 0 saturated heterocycles. The summed E-state index contributed by atoms with van der Waals surface area (Å²) in [5.74, 6) is 0.205. The smallest absolute Gasteiger partial charge is 0.136 e. The lowest BCUT2D eigenvalue weighted by molar-refractivity contribution is 0.184. The monoisotopic (exact) mass is 285 g/mol. The molecule has 2 aromatic carbocycles. The minimum absolute atomic E-state index is 0.285. The third kappa shape index (κ3) is 3.21. The Morgan fingerprint density at radius 2 is 1.86 bits per heavy atom. The van der Waals surface area contributed by atoms with Crippen LogP contribution in [0.25, 0.3) is 0 Å². The summed E-state index contributed by atoms with van der Waals surface area (Å²) in [4.78, 5) is 0. The fourth-order valence-corrected chi connectivity index (χ4v) is 2.29. The van der Waals surface area contributed by atoms with Crippen molar-refractivity contribution in [3.8, 4) is 11.8 Å². The Hall–Kier alpha value is -2.38. The number of halogens is 1. The summed E-state index contributed by atoms with van der Waals surface area (Å²) in [5.41, 5.74) is 2.57. The van der Waals surface area contributed by atoms with Gasteiger partial charge in [0.15, 0.2) is 0 Å². The molecule has 0 aliphatic heterocycles. The fourth-order valence-electron chi connectivity index (χ4n) is 2.29. The van der Waals surface area contributed by atoms with Gasteiger partial charge in [0.05, 0.1) is 19.3 Å². The lowest BCUT2D eigenvalue weighted by Crippen LogP contribution is -2.04. The first-order chi connectivity index (χ1) is 10.2. The maximum Gasteiger partial charge on any atom is 0.136 e. The third-order valence-electron chi connectivity index (χ3n) is 3.33. The van der Waals surface area contributed by atoms with Crippen molar-refractivity contribution in [3.05, 3.63) is 64.5 Å². The Bertz CT molecular complexity index is 677. The summed E-state index contributed by atoms with van der Waals surface area (Å²) in [6.07, 6.45) is 0.325. The van der Waals surface area contributed by atoms with Crippen LogP contribution in [0.15, 0.2) is 36.4 Å². The van der Waals surface area contributed by atoms with E-state index < -0.39 is 0 Å². The average Bonchev–Trinajstić information content (AvgIpc) is 2.50. The molecule has 4 heteroatoms. The van der Waals surface area contributed by atoms with Gasteiger partial charge in [0.25, 0.3) is 0 Å². The molecule has 0 bridgehead atoms. The molecule has 2 aromatic rings. The first-order valence-corrected chi connectivity index (χ1v) is 6.52. The second-order valence-corrected chi connectivity index (χ2v) is 4.59. The van der Waals surface area contributed by atoms with Crippen LogP contribution < -0.4 is 4.74 Å². The van der Waals surface area contributed by atoms with E-state index in [4.69, 9.17) is 9.47 Å². The highest BCUT2D eigenvalue weighted by atomic mass is 19.1. The molecule has 0 aliphatic rings. The van der Waals surface area contributed by atoms with Crippen LogP contribution in [0.3, 0.4) is 0 Å². The Labute approximate surface area is 123 Å². The van der Waals surface area contributed by atoms with E-state index >= 15 is 0 Å². The molecule has 0 N–H and O–H groups in total. The zero-order valence-electron chi connectivity index (χ0n) is 12.0. The van der Waals surface area contributed by atoms with E-state index in [1.54, 1.807) is 31.4 Å². The van der Waals surface area contributed by atoms with Crippen molar-refractivity contribution in [1.29, 1.82) is 5.26 Å². The molecule has 0 atom stereocenters. The highest BCUT2D eigenvalue weighted by molar-refractivity contribution is 5.54. The first-order valence-electron chi connectivity index (χ1n) is 6.52. The predicted octanol–water partition coefficient (Wildman–Crippen LogP) is 3.44. The molecule has 0 amide bonds. The summed E-state index contributed by atoms with van der Waals surface area (Å²) in [6.45, 7) is 0.364. The highest BCUT2D eigenvalue weighted by Crippen LogP contribution is 2.28. The van der Waals surface area contributed by atoms with Crippen LogP contribution in [0.4, 0.5) is 4.39 Å². The molecule has 0 saturated carbocycles. The Morgan fingerprint density at radius 1 is 1.10 bits per heavy atom. The van der Waals surface area contributed by atoms with Crippen molar-refractivity contribution in [3.63, 3.8) is 0 Å². The second kappa shape index (κ2) is 6.87. The molecule has 0 spiro atoms. The highest BCUT2D eigenvalue weighted by Gasteiger charge is 2.15. The van der Waals surface area contributed by atoms with E-state index in [2.05, 4.69) is 6.07 Å². The summed E-state index contributed by atoms with van der Waals surface area (Å²) in [7, 11) is 3.10. The van der Waals surface area contributed by atoms with Gasteiger partial charge in [-0.3, -0.25) is 0 Å². The van der Waals surface area contributed by atoms with Gasteiger partial charge in [0.2, 0.25) is 0 Å². The molecule has 0 radical (unpaired) electrons. The number of hydrogen-bond donors (Lipinski definition) is 0. The van der Waals surface area contributed by atoms with Crippen LogP contribution in [0.1, 0.15) is 22.3 Å². The summed E-state index contributed by atoms with van der Waals surface area (Å²) in [5, 5.41) is 9.41. The molecule has 21 heavy (non-hydrogen) atoms. The molecule has 108 valence electrons. The second-order valence-electron chi connectivity index (χ2n) is 4.59. The Balaban J connectivity index is 2.54. The van der Waals surface area contributed by atoms with Gasteiger partial charge in [-0.15, -0.1) is 0 Å². The van der Waals surface area contributed by atoms with E-state index in [-0.39, 0.29) is 5.82 Å². The van der Waals surface area contributed by atoms with E-state index in [1.165, 1.54) is 13.2 Å². The van der Waals surface area contributed by atoms with Crippen LogP contribution in [0.2, 0.25) is 0 Å². The molecule has 2 rings (SSSR count). The van der Waals surface area contributed by atoms with Gasteiger partial charge < -0.3 is 9.47 Å². The van der Waals surface area contributed by atoms with Crippen molar-refractivity contribution in [2.75, 3.05) is 14.2 Å². The van der Waals surface area contributed by atoms with E-state index in [0.29, 0.717) is 29.9 Å². The van der Waals surface area contributed by atoms with Gasteiger partial charge >= 0.3 is 0 Å². The average molecular weight is 285 g/mol. The zero-order chi connectivity index (χ0) is 15.2. The summed E-state index contributed by atoms with van der Waals surface area (Å²) in [6, 6.07) is 12.3. The molecule has 0 heterocycles. The maximum atomic E-state index is 13.9. The van der Waals surface area contributed by atoms with Crippen molar-refractivity contribution in [2.45, 2.75) is 13.0 Å². The molecule has 3 nitrogen and oxygen atoms in total. The third-order valence-corrected chi connectivity index (χ3v) is 3.33. The molecule has 0 fully saturated rings. The van der Waals surface area contributed by atoms with Crippen molar-refractivity contribution >= 4 is 0 Å². The molecular weight excluding hydrogens is 269 g/mol. The molecule has 0 aromatic heterocycles. The Kier molecular flexibility index (Phi) is 4.91. The minimum Gasteiger partial charge on any atom is -0.495 e. The lowest BCUT2D eigenvalue weighted by atomic mass is 9.94.